The first-order chi connectivity index (χ1) is 11.3. The lowest BCUT2D eigenvalue weighted by Gasteiger charge is -1.99. The van der Waals surface area contributed by atoms with E-state index in [0.717, 1.165) is 21.8 Å². The number of carbonyl (C=O) groups excluding carboxylic acids is 1. The molecule has 0 fully saturated rings. The number of aromatic nitrogens is 4. The lowest BCUT2D eigenvalue weighted by atomic mass is 10.3. The molecule has 0 atom stereocenters. The summed E-state index contributed by atoms with van der Waals surface area (Å²) in [6, 6.07) is 13.5. The Morgan fingerprint density at radius 2 is 2.22 bits per heavy atom. The number of rotatable bonds is 4. The number of hydrogen-bond acceptors (Lipinski definition) is 4. The molecule has 0 radical (unpaired) electrons. The van der Waals surface area contributed by atoms with Crippen LogP contribution in [0.3, 0.4) is 0 Å². The van der Waals surface area contributed by atoms with Crippen molar-refractivity contribution in [1.29, 1.82) is 0 Å². The van der Waals surface area contributed by atoms with E-state index in [1.807, 2.05) is 48.0 Å². The molecule has 114 valence electrons. The molecule has 23 heavy (non-hydrogen) atoms. The van der Waals surface area contributed by atoms with Crippen molar-refractivity contribution in [1.82, 2.24) is 25.1 Å². The van der Waals surface area contributed by atoms with Crippen molar-refractivity contribution in [3.05, 3.63) is 65.4 Å². The molecule has 0 spiro atoms. The van der Waals surface area contributed by atoms with E-state index in [9.17, 15) is 4.79 Å². The van der Waals surface area contributed by atoms with E-state index >= 15 is 0 Å². The fourth-order valence-corrected chi connectivity index (χ4v) is 3.03. The van der Waals surface area contributed by atoms with E-state index in [0.29, 0.717) is 12.2 Å². The molecule has 0 unspecified atom stereocenters. The normalized spacial score (nSPS) is 11.0. The molecule has 4 rings (SSSR count). The molecular weight excluding hydrogens is 310 g/mol. The van der Waals surface area contributed by atoms with Gasteiger partial charge in [-0.2, -0.15) is 10.2 Å². The van der Waals surface area contributed by atoms with Crippen molar-refractivity contribution in [2.75, 3.05) is 0 Å². The summed E-state index contributed by atoms with van der Waals surface area (Å²) in [5.41, 5.74) is 3.02. The van der Waals surface area contributed by atoms with Gasteiger partial charge in [0.25, 0.3) is 5.91 Å². The van der Waals surface area contributed by atoms with Crippen LogP contribution in [0.2, 0.25) is 0 Å². The van der Waals surface area contributed by atoms with E-state index in [1.165, 1.54) is 0 Å². The summed E-state index contributed by atoms with van der Waals surface area (Å²) in [6.07, 6.45) is 1.88. The maximum atomic E-state index is 12.2. The van der Waals surface area contributed by atoms with Crippen LogP contribution in [0.25, 0.3) is 16.1 Å². The van der Waals surface area contributed by atoms with E-state index in [2.05, 4.69) is 20.6 Å². The van der Waals surface area contributed by atoms with Crippen LogP contribution in [0.1, 0.15) is 16.2 Å². The van der Waals surface area contributed by atoms with Gasteiger partial charge in [0.15, 0.2) is 5.69 Å². The minimum absolute atomic E-state index is 0.221. The van der Waals surface area contributed by atoms with Gasteiger partial charge in [-0.05, 0) is 35.7 Å². The van der Waals surface area contributed by atoms with Gasteiger partial charge < -0.3 is 5.32 Å². The average molecular weight is 323 g/mol. The van der Waals surface area contributed by atoms with Crippen LogP contribution >= 0.6 is 11.3 Å². The zero-order chi connectivity index (χ0) is 15.6. The summed E-state index contributed by atoms with van der Waals surface area (Å²) in [5, 5.41) is 16.2. The molecule has 4 heterocycles. The van der Waals surface area contributed by atoms with Crippen LogP contribution in [-0.4, -0.2) is 25.7 Å². The Bertz CT molecular complexity index is 921. The molecule has 2 N–H and O–H groups in total. The average Bonchev–Trinajstić information content (AvgIpc) is 3.31. The molecule has 7 heteroatoms. The summed E-state index contributed by atoms with van der Waals surface area (Å²) in [7, 11) is 0. The number of thiophene rings is 1. The van der Waals surface area contributed by atoms with Gasteiger partial charge >= 0.3 is 0 Å². The summed E-state index contributed by atoms with van der Waals surface area (Å²) < 4.78 is 1.78. The Kier molecular flexibility index (Phi) is 3.39. The number of hydrogen-bond donors (Lipinski definition) is 2. The topological polar surface area (TPSA) is 75.1 Å². The summed E-state index contributed by atoms with van der Waals surface area (Å²) >= 11 is 1.60. The fraction of sp³-hybridized carbons (Fsp3) is 0.0625. The van der Waals surface area contributed by atoms with Gasteiger partial charge in [0.1, 0.15) is 0 Å². The van der Waals surface area contributed by atoms with E-state index in [-0.39, 0.29) is 5.91 Å². The number of carbonyl (C=O) groups is 1. The molecule has 0 aliphatic heterocycles. The lowest BCUT2D eigenvalue weighted by Crippen LogP contribution is -2.23. The number of fused-ring (bicyclic) bond motifs is 1. The molecule has 0 aliphatic rings. The van der Waals surface area contributed by atoms with Crippen molar-refractivity contribution >= 4 is 22.8 Å². The van der Waals surface area contributed by atoms with Gasteiger partial charge in [-0.1, -0.05) is 12.1 Å². The predicted octanol–water partition coefficient (Wildman–Crippen LogP) is 2.72. The molecule has 4 aromatic heterocycles. The highest BCUT2D eigenvalue weighted by molar-refractivity contribution is 7.13. The maximum absolute atomic E-state index is 12.2. The van der Waals surface area contributed by atoms with Gasteiger partial charge in [0.05, 0.1) is 28.3 Å². The third-order valence-corrected chi connectivity index (χ3v) is 4.35. The number of H-pyrrole nitrogens is 1. The molecule has 0 saturated carbocycles. The highest BCUT2D eigenvalue weighted by Crippen LogP contribution is 2.22. The van der Waals surface area contributed by atoms with E-state index < -0.39 is 0 Å². The minimum atomic E-state index is -0.221. The first-order valence-electron chi connectivity index (χ1n) is 7.10. The molecule has 6 nitrogen and oxygen atoms in total. The molecule has 0 aromatic carbocycles. The zero-order valence-corrected chi connectivity index (χ0v) is 12.9. The number of nitrogens with one attached hydrogen (secondary N) is 2. The Hall–Kier alpha value is -2.93. The highest BCUT2D eigenvalue weighted by atomic mass is 32.1. The molecular formula is C16H13N5OS. The molecule has 0 saturated heterocycles. The Balaban J connectivity index is 1.45. The lowest BCUT2D eigenvalue weighted by molar-refractivity contribution is 0.0945. The number of aromatic amines is 1. The molecule has 0 aliphatic carbocycles. The Morgan fingerprint density at radius 3 is 3.04 bits per heavy atom. The predicted molar refractivity (Wildman–Crippen MR) is 88.3 cm³/mol. The van der Waals surface area contributed by atoms with Crippen molar-refractivity contribution in [2.45, 2.75) is 6.54 Å². The van der Waals surface area contributed by atoms with Gasteiger partial charge in [-0.15, -0.1) is 11.3 Å². The Morgan fingerprint density at radius 1 is 1.26 bits per heavy atom. The molecule has 4 aromatic rings. The van der Waals surface area contributed by atoms with Gasteiger partial charge in [0, 0.05) is 6.20 Å². The van der Waals surface area contributed by atoms with Crippen LogP contribution < -0.4 is 5.32 Å². The summed E-state index contributed by atoms with van der Waals surface area (Å²) in [4.78, 5) is 13.2. The monoisotopic (exact) mass is 323 g/mol. The summed E-state index contributed by atoms with van der Waals surface area (Å²) in [5.74, 6) is -0.221. The van der Waals surface area contributed by atoms with Crippen LogP contribution in [0.4, 0.5) is 0 Å². The van der Waals surface area contributed by atoms with Crippen molar-refractivity contribution in [2.24, 2.45) is 0 Å². The van der Waals surface area contributed by atoms with Crippen LogP contribution in [0.5, 0.6) is 0 Å². The fourth-order valence-electron chi connectivity index (χ4n) is 2.33. The standard InChI is InChI=1S/C16H13N5OS/c22-16(14-9-13(18-19-14)15-5-3-7-23-15)17-10-11-8-12-4-1-2-6-21(12)20-11/h1-9H,10H2,(H,17,22)(H,18,19). The number of pyridine rings is 1. The molecule has 0 bridgehead atoms. The van der Waals surface area contributed by atoms with Crippen molar-refractivity contribution < 1.29 is 4.79 Å². The second kappa shape index (κ2) is 5.69. The number of amides is 1. The number of nitrogens with zero attached hydrogens (tertiary/aromatic N) is 3. The van der Waals surface area contributed by atoms with Crippen LogP contribution in [0, 0.1) is 0 Å². The van der Waals surface area contributed by atoms with Gasteiger partial charge in [0.2, 0.25) is 0 Å². The zero-order valence-electron chi connectivity index (χ0n) is 12.1. The quantitative estimate of drug-likeness (QED) is 0.606. The second-order valence-corrected chi connectivity index (χ2v) is 5.98. The first-order valence-corrected chi connectivity index (χ1v) is 7.98. The smallest absolute Gasteiger partial charge is 0.272 e. The Labute approximate surface area is 135 Å². The second-order valence-electron chi connectivity index (χ2n) is 5.03. The van der Waals surface area contributed by atoms with Crippen LogP contribution in [0.15, 0.2) is 54.0 Å². The van der Waals surface area contributed by atoms with Gasteiger partial charge in [-0.3, -0.25) is 9.89 Å². The first kappa shape index (κ1) is 13.7. The molecule has 1 amide bonds. The SMILES string of the molecule is O=C(NCc1cc2ccccn2n1)c1cc(-c2cccs2)[nH]n1. The van der Waals surface area contributed by atoms with Gasteiger partial charge in [-0.25, -0.2) is 4.52 Å². The third-order valence-electron chi connectivity index (χ3n) is 3.45. The van der Waals surface area contributed by atoms with Crippen molar-refractivity contribution in [3.8, 4) is 10.6 Å². The van der Waals surface area contributed by atoms with E-state index in [1.54, 1.807) is 21.9 Å². The van der Waals surface area contributed by atoms with Crippen molar-refractivity contribution in [3.63, 3.8) is 0 Å². The highest BCUT2D eigenvalue weighted by Gasteiger charge is 2.12. The van der Waals surface area contributed by atoms with Crippen LogP contribution in [-0.2, 0) is 6.54 Å². The maximum Gasteiger partial charge on any atom is 0.272 e. The largest absolute Gasteiger partial charge is 0.345 e. The van der Waals surface area contributed by atoms with E-state index in [4.69, 9.17) is 0 Å². The third kappa shape index (κ3) is 2.74. The minimum Gasteiger partial charge on any atom is -0.345 e. The summed E-state index contributed by atoms with van der Waals surface area (Å²) in [6.45, 7) is 0.363.